The SMILES string of the molecule is CC(C)C(O)C(=O)N1CCN(c2ccc(NC(=O)c3oc(-c4ccccc4)nc3C(F)(F)F)cn2)CC1. The standard InChI is InChI=1S/C25H26F3N5O4/c1-15(2)19(34)24(36)33-12-10-32(11-13-33)18-9-8-17(14-29-18)30-22(35)20-21(25(26,27)28)31-23(37-20)16-6-4-3-5-7-16/h3-9,14-15,19,34H,10-13H2,1-2H3,(H,30,35). The van der Waals surface area contributed by atoms with Gasteiger partial charge in [-0.25, -0.2) is 9.97 Å². The summed E-state index contributed by atoms with van der Waals surface area (Å²) in [5.74, 6) is -2.26. The lowest BCUT2D eigenvalue weighted by atomic mass is 10.1. The van der Waals surface area contributed by atoms with Crippen molar-refractivity contribution in [2.45, 2.75) is 26.1 Å². The minimum Gasteiger partial charge on any atom is -0.430 e. The summed E-state index contributed by atoms with van der Waals surface area (Å²) in [7, 11) is 0. The number of alkyl halides is 3. The second kappa shape index (κ2) is 10.6. The van der Waals surface area contributed by atoms with Crippen LogP contribution in [-0.2, 0) is 11.0 Å². The largest absolute Gasteiger partial charge is 0.437 e. The fraction of sp³-hybridized carbons (Fsp3) is 0.360. The van der Waals surface area contributed by atoms with E-state index in [1.54, 1.807) is 43.0 Å². The molecule has 3 heterocycles. The fourth-order valence-corrected chi connectivity index (χ4v) is 3.83. The summed E-state index contributed by atoms with van der Waals surface area (Å²) in [4.78, 5) is 36.4. The first-order valence-corrected chi connectivity index (χ1v) is 11.7. The Bertz CT molecular complexity index is 1240. The van der Waals surface area contributed by atoms with E-state index < -0.39 is 29.6 Å². The summed E-state index contributed by atoms with van der Waals surface area (Å²) in [6, 6.07) is 11.1. The van der Waals surface area contributed by atoms with E-state index in [1.165, 1.54) is 24.4 Å². The zero-order chi connectivity index (χ0) is 26.7. The highest BCUT2D eigenvalue weighted by molar-refractivity contribution is 6.03. The number of aliphatic hydroxyl groups is 1. The third kappa shape index (κ3) is 5.91. The number of aromatic nitrogens is 2. The average molecular weight is 518 g/mol. The number of nitrogens with zero attached hydrogens (tertiary/aromatic N) is 4. The Morgan fingerprint density at radius 3 is 2.30 bits per heavy atom. The van der Waals surface area contributed by atoms with Gasteiger partial charge >= 0.3 is 6.18 Å². The van der Waals surface area contributed by atoms with Crippen LogP contribution in [0.2, 0.25) is 0 Å². The van der Waals surface area contributed by atoms with Gasteiger partial charge in [0.2, 0.25) is 11.7 Å². The predicted molar refractivity (Wildman–Crippen MR) is 129 cm³/mol. The predicted octanol–water partition coefficient (Wildman–Crippen LogP) is 3.67. The lowest BCUT2D eigenvalue weighted by Crippen LogP contribution is -2.52. The van der Waals surface area contributed by atoms with Crippen molar-refractivity contribution in [3.05, 3.63) is 60.1 Å². The minimum atomic E-state index is -4.89. The van der Waals surface area contributed by atoms with Crippen molar-refractivity contribution in [3.63, 3.8) is 0 Å². The number of hydrogen-bond acceptors (Lipinski definition) is 7. The fourth-order valence-electron chi connectivity index (χ4n) is 3.83. The maximum absolute atomic E-state index is 13.5. The molecule has 1 saturated heterocycles. The first kappa shape index (κ1) is 26.1. The summed E-state index contributed by atoms with van der Waals surface area (Å²) in [5, 5.41) is 12.4. The highest BCUT2D eigenvalue weighted by Crippen LogP contribution is 2.34. The van der Waals surface area contributed by atoms with Gasteiger partial charge < -0.3 is 24.6 Å². The van der Waals surface area contributed by atoms with Crippen LogP contribution in [0, 0.1) is 5.92 Å². The Hall–Kier alpha value is -3.93. The van der Waals surface area contributed by atoms with Gasteiger partial charge in [-0.1, -0.05) is 32.0 Å². The van der Waals surface area contributed by atoms with E-state index in [4.69, 9.17) is 4.42 Å². The third-order valence-corrected chi connectivity index (χ3v) is 5.93. The number of pyridine rings is 1. The van der Waals surface area contributed by atoms with Crippen molar-refractivity contribution in [1.29, 1.82) is 0 Å². The first-order chi connectivity index (χ1) is 17.5. The molecule has 1 aromatic carbocycles. The second-order valence-electron chi connectivity index (χ2n) is 8.92. The Balaban J connectivity index is 1.42. The maximum atomic E-state index is 13.5. The summed E-state index contributed by atoms with van der Waals surface area (Å²) in [6.07, 6.45) is -4.60. The molecule has 37 heavy (non-hydrogen) atoms. The van der Waals surface area contributed by atoms with E-state index in [0.29, 0.717) is 37.6 Å². The van der Waals surface area contributed by atoms with E-state index in [2.05, 4.69) is 15.3 Å². The van der Waals surface area contributed by atoms with E-state index in [9.17, 15) is 27.9 Å². The van der Waals surface area contributed by atoms with Gasteiger partial charge in [-0.15, -0.1) is 0 Å². The molecule has 9 nitrogen and oxygen atoms in total. The molecule has 1 unspecified atom stereocenters. The van der Waals surface area contributed by atoms with Crippen molar-refractivity contribution >= 4 is 23.3 Å². The zero-order valence-electron chi connectivity index (χ0n) is 20.2. The number of hydrogen-bond donors (Lipinski definition) is 2. The Kier molecular flexibility index (Phi) is 7.48. The lowest BCUT2D eigenvalue weighted by molar-refractivity contribution is -0.143. The Morgan fingerprint density at radius 2 is 1.73 bits per heavy atom. The van der Waals surface area contributed by atoms with Crippen LogP contribution in [0.5, 0.6) is 0 Å². The second-order valence-corrected chi connectivity index (χ2v) is 8.92. The molecule has 0 saturated carbocycles. The van der Waals surface area contributed by atoms with Gasteiger partial charge in [0.25, 0.3) is 11.8 Å². The lowest BCUT2D eigenvalue weighted by Gasteiger charge is -2.36. The molecule has 12 heteroatoms. The van der Waals surface area contributed by atoms with E-state index in [0.717, 1.165) is 0 Å². The number of amides is 2. The molecule has 1 atom stereocenters. The molecule has 0 bridgehead atoms. The molecule has 2 N–H and O–H groups in total. The van der Waals surface area contributed by atoms with Gasteiger partial charge in [-0.3, -0.25) is 9.59 Å². The molecular weight excluding hydrogens is 491 g/mol. The highest BCUT2D eigenvalue weighted by Gasteiger charge is 2.41. The van der Waals surface area contributed by atoms with E-state index >= 15 is 0 Å². The first-order valence-electron chi connectivity index (χ1n) is 11.7. The van der Waals surface area contributed by atoms with Crippen LogP contribution in [-0.4, -0.2) is 64.1 Å². The minimum absolute atomic E-state index is 0.174. The Labute approximate surface area is 210 Å². The van der Waals surface area contributed by atoms with Crippen molar-refractivity contribution in [1.82, 2.24) is 14.9 Å². The molecule has 196 valence electrons. The Morgan fingerprint density at radius 1 is 1.05 bits per heavy atom. The monoisotopic (exact) mass is 517 g/mol. The van der Waals surface area contributed by atoms with Crippen LogP contribution in [0.1, 0.15) is 30.1 Å². The molecule has 1 aliphatic rings. The summed E-state index contributed by atoms with van der Waals surface area (Å²) < 4.78 is 45.8. The summed E-state index contributed by atoms with van der Waals surface area (Å²) in [5.41, 5.74) is -0.935. The van der Waals surface area contributed by atoms with E-state index in [1.807, 2.05) is 4.90 Å². The van der Waals surface area contributed by atoms with E-state index in [-0.39, 0.29) is 23.4 Å². The quantitative estimate of drug-likeness (QED) is 0.513. The number of aliphatic hydroxyl groups excluding tert-OH is 1. The van der Waals surface area contributed by atoms with Crippen LogP contribution in [0.4, 0.5) is 24.7 Å². The number of piperazine rings is 1. The molecule has 0 spiro atoms. The van der Waals surface area contributed by atoms with Gasteiger partial charge in [-0.2, -0.15) is 13.2 Å². The number of oxazole rings is 1. The molecule has 1 fully saturated rings. The van der Waals surface area contributed by atoms with Crippen LogP contribution >= 0.6 is 0 Å². The van der Waals surface area contributed by atoms with Crippen molar-refractivity contribution < 1.29 is 32.3 Å². The number of carbonyl (C=O) groups excluding carboxylic acids is 2. The molecule has 3 aromatic rings. The van der Waals surface area contributed by atoms with Crippen LogP contribution in [0.25, 0.3) is 11.5 Å². The van der Waals surface area contributed by atoms with Gasteiger partial charge in [0.1, 0.15) is 11.9 Å². The smallest absolute Gasteiger partial charge is 0.430 e. The van der Waals surface area contributed by atoms with Crippen molar-refractivity contribution in [2.75, 3.05) is 36.4 Å². The molecule has 2 aromatic heterocycles. The molecule has 1 aliphatic heterocycles. The molecule has 4 rings (SSSR count). The zero-order valence-corrected chi connectivity index (χ0v) is 20.2. The molecule has 2 amide bonds. The number of anilines is 2. The number of rotatable bonds is 6. The van der Waals surface area contributed by atoms with Crippen LogP contribution in [0.15, 0.2) is 53.1 Å². The molecular formula is C25H26F3N5O4. The molecule has 0 radical (unpaired) electrons. The summed E-state index contributed by atoms with van der Waals surface area (Å²) >= 11 is 0. The average Bonchev–Trinajstić information content (AvgIpc) is 3.36. The van der Waals surface area contributed by atoms with Crippen molar-refractivity contribution in [3.8, 4) is 11.5 Å². The third-order valence-electron chi connectivity index (χ3n) is 5.93. The summed E-state index contributed by atoms with van der Waals surface area (Å²) in [6.45, 7) is 5.36. The van der Waals surface area contributed by atoms with Crippen molar-refractivity contribution in [2.24, 2.45) is 5.92 Å². The highest BCUT2D eigenvalue weighted by atomic mass is 19.4. The van der Waals surface area contributed by atoms with Crippen LogP contribution in [0.3, 0.4) is 0 Å². The molecule has 0 aliphatic carbocycles. The number of benzene rings is 1. The van der Waals surface area contributed by atoms with Gasteiger partial charge in [0.05, 0.1) is 11.9 Å². The topological polar surface area (TPSA) is 112 Å². The maximum Gasteiger partial charge on any atom is 0.437 e. The normalized spacial score (nSPS) is 15.1. The van der Waals surface area contributed by atoms with Gasteiger partial charge in [0, 0.05) is 31.7 Å². The number of nitrogens with one attached hydrogen (secondary N) is 1. The van der Waals surface area contributed by atoms with Gasteiger partial charge in [-0.05, 0) is 30.2 Å². The van der Waals surface area contributed by atoms with Crippen LogP contribution < -0.4 is 10.2 Å². The van der Waals surface area contributed by atoms with Gasteiger partial charge in [0.15, 0.2) is 5.69 Å². The number of halogens is 3. The number of carbonyl (C=O) groups is 2.